The van der Waals surface area contributed by atoms with E-state index in [2.05, 4.69) is 29.5 Å². The fraction of sp³-hybridized carbons (Fsp3) is 0.583. The van der Waals surface area contributed by atoms with Crippen molar-refractivity contribution in [1.82, 2.24) is 4.98 Å². The van der Waals surface area contributed by atoms with Gasteiger partial charge in [0, 0.05) is 12.1 Å². The van der Waals surface area contributed by atoms with Crippen LogP contribution in [0.1, 0.15) is 33.1 Å². The van der Waals surface area contributed by atoms with Gasteiger partial charge in [0.1, 0.15) is 11.6 Å². The van der Waals surface area contributed by atoms with Crippen LogP contribution in [0, 0.1) is 0 Å². The zero-order chi connectivity index (χ0) is 12.5. The number of pyridine rings is 1. The molecule has 0 saturated heterocycles. The first-order valence-corrected chi connectivity index (χ1v) is 6.68. The molecule has 1 aliphatic carbocycles. The van der Waals surface area contributed by atoms with Gasteiger partial charge in [-0.2, -0.15) is 0 Å². The summed E-state index contributed by atoms with van der Waals surface area (Å²) in [7, 11) is 0. The van der Waals surface area contributed by atoms with E-state index in [9.17, 15) is 0 Å². The lowest BCUT2D eigenvalue weighted by Gasteiger charge is -2.16. The third-order valence-electron chi connectivity index (χ3n) is 2.89. The van der Waals surface area contributed by atoms with Gasteiger partial charge in [0.15, 0.2) is 0 Å². The molecule has 2 rings (SSSR count). The van der Waals surface area contributed by atoms with Crippen molar-refractivity contribution in [2.45, 2.75) is 38.6 Å². The molecule has 1 fully saturated rings. The molecule has 17 heavy (non-hydrogen) atoms. The molecule has 1 saturated carbocycles. The van der Waals surface area contributed by atoms with Crippen molar-refractivity contribution in [3.63, 3.8) is 0 Å². The minimum absolute atomic E-state index is 0.159. The largest absolute Gasteiger partial charge is 0.369 e. The number of halogens is 2. The Morgan fingerprint density at radius 3 is 2.53 bits per heavy atom. The normalized spacial score (nSPS) is 16.7. The highest BCUT2D eigenvalue weighted by Gasteiger charge is 2.38. The predicted molar refractivity (Wildman–Crippen MR) is 74.3 cm³/mol. The second-order valence-electron chi connectivity index (χ2n) is 4.76. The Morgan fingerprint density at radius 1 is 1.29 bits per heavy atom. The molecule has 94 valence electrons. The number of hydrogen-bond donors (Lipinski definition) is 2. The van der Waals surface area contributed by atoms with Gasteiger partial charge >= 0.3 is 0 Å². The van der Waals surface area contributed by atoms with Crippen LogP contribution in [0.4, 0.5) is 11.6 Å². The standard InChI is InChI=1S/C12H17Cl2N3/c1-3-6-15-10-8(13)7-9(14)11(16-10)17-12(2)4-5-12/h7H,3-6H2,1-2H3,(H2,15,16,17). The number of aromatic nitrogens is 1. The second-order valence-corrected chi connectivity index (χ2v) is 5.58. The first-order valence-electron chi connectivity index (χ1n) is 5.92. The molecule has 0 spiro atoms. The van der Waals surface area contributed by atoms with E-state index in [0.29, 0.717) is 15.9 Å². The van der Waals surface area contributed by atoms with Crippen molar-refractivity contribution in [3.05, 3.63) is 16.1 Å². The molecule has 2 N–H and O–H groups in total. The highest BCUT2D eigenvalue weighted by atomic mass is 35.5. The lowest BCUT2D eigenvalue weighted by Crippen LogP contribution is -2.18. The summed E-state index contributed by atoms with van der Waals surface area (Å²) in [6.45, 7) is 5.12. The van der Waals surface area contributed by atoms with E-state index in [4.69, 9.17) is 23.2 Å². The molecule has 1 heterocycles. The van der Waals surface area contributed by atoms with E-state index in [1.54, 1.807) is 6.07 Å². The predicted octanol–water partition coefficient (Wildman–Crippen LogP) is 4.17. The monoisotopic (exact) mass is 273 g/mol. The van der Waals surface area contributed by atoms with Gasteiger partial charge in [-0.1, -0.05) is 30.1 Å². The van der Waals surface area contributed by atoms with E-state index in [1.165, 1.54) is 0 Å². The zero-order valence-electron chi connectivity index (χ0n) is 10.1. The summed E-state index contributed by atoms with van der Waals surface area (Å²) in [5, 5.41) is 7.70. The molecule has 0 atom stereocenters. The minimum atomic E-state index is 0.159. The first-order chi connectivity index (χ1) is 8.04. The Labute approximate surface area is 112 Å². The molecule has 5 heteroatoms. The Bertz CT molecular complexity index is 416. The molecular formula is C12H17Cl2N3. The summed E-state index contributed by atoms with van der Waals surface area (Å²) in [5.74, 6) is 1.42. The number of rotatable bonds is 5. The quantitative estimate of drug-likeness (QED) is 0.845. The van der Waals surface area contributed by atoms with Gasteiger partial charge in [-0.25, -0.2) is 4.98 Å². The Hall–Kier alpha value is -0.670. The van der Waals surface area contributed by atoms with Crippen LogP contribution in [0.25, 0.3) is 0 Å². The molecule has 3 nitrogen and oxygen atoms in total. The highest BCUT2D eigenvalue weighted by Crippen LogP contribution is 2.40. The number of hydrogen-bond acceptors (Lipinski definition) is 3. The smallest absolute Gasteiger partial charge is 0.147 e. The van der Waals surface area contributed by atoms with Crippen molar-refractivity contribution in [3.8, 4) is 0 Å². The highest BCUT2D eigenvalue weighted by molar-refractivity contribution is 6.37. The lowest BCUT2D eigenvalue weighted by molar-refractivity contribution is 0.821. The van der Waals surface area contributed by atoms with Crippen LogP contribution in [-0.4, -0.2) is 17.1 Å². The Morgan fingerprint density at radius 2 is 1.94 bits per heavy atom. The second kappa shape index (κ2) is 4.91. The average Bonchev–Trinajstić information content (AvgIpc) is 2.99. The molecule has 0 aliphatic heterocycles. The van der Waals surface area contributed by atoms with E-state index in [1.807, 2.05) is 0 Å². The van der Waals surface area contributed by atoms with Gasteiger partial charge in [-0.15, -0.1) is 0 Å². The first kappa shape index (κ1) is 12.8. The molecular weight excluding hydrogens is 257 g/mol. The fourth-order valence-electron chi connectivity index (χ4n) is 1.52. The van der Waals surface area contributed by atoms with Crippen molar-refractivity contribution < 1.29 is 0 Å². The summed E-state index contributed by atoms with van der Waals surface area (Å²) in [5.41, 5.74) is 0.159. The molecule has 0 bridgehead atoms. The van der Waals surface area contributed by atoms with Crippen LogP contribution in [0.2, 0.25) is 10.0 Å². The lowest BCUT2D eigenvalue weighted by atomic mass is 10.3. The molecule has 1 aromatic rings. The summed E-state index contributed by atoms with van der Waals surface area (Å²) in [6, 6.07) is 1.74. The van der Waals surface area contributed by atoms with Crippen molar-refractivity contribution >= 4 is 34.8 Å². The van der Waals surface area contributed by atoms with Crippen LogP contribution < -0.4 is 10.6 Å². The molecule has 0 unspecified atom stereocenters. The van der Waals surface area contributed by atoms with Gasteiger partial charge in [-0.05, 0) is 32.3 Å². The van der Waals surface area contributed by atoms with Gasteiger partial charge in [-0.3, -0.25) is 0 Å². The SMILES string of the molecule is CCCNc1nc(NC2(C)CC2)c(Cl)cc1Cl. The van der Waals surface area contributed by atoms with Crippen LogP contribution in [-0.2, 0) is 0 Å². The molecule has 0 amide bonds. The number of nitrogens with zero attached hydrogens (tertiary/aromatic N) is 1. The fourth-order valence-corrected chi connectivity index (χ4v) is 1.99. The molecule has 0 aromatic carbocycles. The number of nitrogens with one attached hydrogen (secondary N) is 2. The summed E-state index contributed by atoms with van der Waals surface area (Å²) < 4.78 is 0. The van der Waals surface area contributed by atoms with E-state index in [0.717, 1.165) is 31.6 Å². The van der Waals surface area contributed by atoms with Gasteiger partial charge in [0.05, 0.1) is 10.0 Å². The summed E-state index contributed by atoms with van der Waals surface area (Å²) >= 11 is 12.2. The van der Waals surface area contributed by atoms with Gasteiger partial charge in [0.2, 0.25) is 0 Å². The topological polar surface area (TPSA) is 37.0 Å². The Balaban J connectivity index is 2.19. The van der Waals surface area contributed by atoms with Crippen molar-refractivity contribution in [2.75, 3.05) is 17.2 Å². The summed E-state index contributed by atoms with van der Waals surface area (Å²) in [6.07, 6.45) is 3.35. The molecule has 1 aliphatic rings. The van der Waals surface area contributed by atoms with E-state index < -0.39 is 0 Å². The maximum atomic E-state index is 6.13. The third-order valence-corrected chi connectivity index (χ3v) is 3.47. The molecule has 1 aromatic heterocycles. The van der Waals surface area contributed by atoms with Crippen LogP contribution in [0.3, 0.4) is 0 Å². The van der Waals surface area contributed by atoms with Crippen LogP contribution >= 0.6 is 23.2 Å². The van der Waals surface area contributed by atoms with Gasteiger partial charge in [0.25, 0.3) is 0 Å². The average molecular weight is 274 g/mol. The maximum absolute atomic E-state index is 6.13. The van der Waals surface area contributed by atoms with Crippen molar-refractivity contribution in [1.29, 1.82) is 0 Å². The zero-order valence-corrected chi connectivity index (χ0v) is 11.6. The summed E-state index contributed by atoms with van der Waals surface area (Å²) in [4.78, 5) is 4.45. The van der Waals surface area contributed by atoms with E-state index >= 15 is 0 Å². The third kappa shape index (κ3) is 3.17. The number of anilines is 2. The maximum Gasteiger partial charge on any atom is 0.147 e. The van der Waals surface area contributed by atoms with Gasteiger partial charge < -0.3 is 10.6 Å². The molecule has 0 radical (unpaired) electrons. The van der Waals surface area contributed by atoms with Crippen LogP contribution in [0.15, 0.2) is 6.07 Å². The minimum Gasteiger partial charge on any atom is -0.369 e. The van der Waals surface area contributed by atoms with Crippen LogP contribution in [0.5, 0.6) is 0 Å². The van der Waals surface area contributed by atoms with E-state index in [-0.39, 0.29) is 5.54 Å². The Kier molecular flexibility index (Phi) is 3.69. The van der Waals surface area contributed by atoms with Crippen molar-refractivity contribution in [2.24, 2.45) is 0 Å².